The second-order valence-corrected chi connectivity index (χ2v) is 8.66. The van der Waals surface area contributed by atoms with Crippen molar-refractivity contribution in [3.63, 3.8) is 0 Å². The van der Waals surface area contributed by atoms with Crippen LogP contribution in [0.5, 0.6) is 0 Å². The van der Waals surface area contributed by atoms with E-state index >= 15 is 0 Å². The Morgan fingerprint density at radius 3 is 2.78 bits per heavy atom. The minimum absolute atomic E-state index is 0.00542. The normalized spacial score (nSPS) is 24.4. The van der Waals surface area contributed by atoms with Crippen LogP contribution >= 0.6 is 0 Å². The number of hydrogen-bond donors (Lipinski definition) is 1. The van der Waals surface area contributed by atoms with Crippen LogP contribution in [0.25, 0.3) is 11.0 Å². The van der Waals surface area contributed by atoms with E-state index in [1.54, 1.807) is 6.26 Å². The molecule has 1 aromatic heterocycles. The van der Waals surface area contributed by atoms with Crippen molar-refractivity contribution >= 4 is 23.0 Å². The molecule has 144 valence electrons. The van der Waals surface area contributed by atoms with E-state index < -0.39 is 11.7 Å². The zero-order chi connectivity index (χ0) is 19.3. The van der Waals surface area contributed by atoms with Gasteiger partial charge in [0.1, 0.15) is 11.2 Å². The second kappa shape index (κ2) is 6.29. The molecule has 4 rings (SSSR count). The highest BCUT2D eigenvalue weighted by Gasteiger charge is 2.49. The number of alkyl carbamates (subject to hydrolysis) is 1. The number of aryl methyl sites for hydroxylation is 1. The fourth-order valence-electron chi connectivity index (χ4n) is 4.35. The highest BCUT2D eigenvalue weighted by molar-refractivity contribution is 5.98. The molecule has 2 heterocycles. The van der Waals surface area contributed by atoms with E-state index in [4.69, 9.17) is 9.15 Å². The number of ether oxygens (including phenoxy) is 1. The monoisotopic (exact) mass is 370 g/mol. The molecule has 1 saturated heterocycles. The Bertz CT molecular complexity index is 895. The number of piperidine rings is 1. The summed E-state index contributed by atoms with van der Waals surface area (Å²) in [5, 5.41) is 4.02. The van der Waals surface area contributed by atoms with Gasteiger partial charge in [-0.15, -0.1) is 0 Å². The zero-order valence-corrected chi connectivity index (χ0v) is 16.2. The number of amides is 2. The van der Waals surface area contributed by atoms with Crippen LogP contribution in [0, 0.1) is 12.8 Å². The quantitative estimate of drug-likeness (QED) is 0.871. The van der Waals surface area contributed by atoms with E-state index in [0.29, 0.717) is 12.1 Å². The van der Waals surface area contributed by atoms with E-state index in [9.17, 15) is 9.59 Å². The lowest BCUT2D eigenvalue weighted by molar-refractivity contribution is 0.0485. The molecule has 6 heteroatoms. The molecule has 0 spiro atoms. The number of benzene rings is 1. The Hall–Kier alpha value is -2.50. The molecule has 0 radical (unpaired) electrons. The Morgan fingerprint density at radius 2 is 2.04 bits per heavy atom. The number of likely N-dealkylation sites (tertiary alicyclic amines) is 1. The van der Waals surface area contributed by atoms with Crippen LogP contribution in [-0.2, 0) is 4.74 Å². The molecule has 1 aliphatic heterocycles. The molecule has 1 aliphatic carbocycles. The van der Waals surface area contributed by atoms with Crippen LogP contribution in [0.3, 0.4) is 0 Å². The molecule has 2 bridgehead atoms. The molecular weight excluding hydrogens is 344 g/mol. The van der Waals surface area contributed by atoms with Gasteiger partial charge in [-0.2, -0.15) is 0 Å². The maximum atomic E-state index is 13.1. The molecule has 1 aromatic carbocycles. The van der Waals surface area contributed by atoms with Gasteiger partial charge in [0, 0.05) is 17.5 Å². The van der Waals surface area contributed by atoms with Crippen molar-refractivity contribution in [3.8, 4) is 0 Å². The summed E-state index contributed by atoms with van der Waals surface area (Å²) in [6.45, 7) is 8.19. The maximum absolute atomic E-state index is 13.1. The van der Waals surface area contributed by atoms with Gasteiger partial charge in [-0.3, -0.25) is 4.79 Å². The largest absolute Gasteiger partial charge is 0.464 e. The molecule has 3 atom stereocenters. The topological polar surface area (TPSA) is 71.8 Å². The van der Waals surface area contributed by atoms with Crippen molar-refractivity contribution in [1.29, 1.82) is 0 Å². The van der Waals surface area contributed by atoms with Crippen molar-refractivity contribution in [1.82, 2.24) is 10.2 Å². The molecule has 2 fully saturated rings. The highest BCUT2D eigenvalue weighted by Crippen LogP contribution is 2.39. The van der Waals surface area contributed by atoms with Gasteiger partial charge in [0.05, 0.1) is 18.3 Å². The lowest BCUT2D eigenvalue weighted by Crippen LogP contribution is -2.46. The summed E-state index contributed by atoms with van der Waals surface area (Å²) in [4.78, 5) is 27.2. The van der Waals surface area contributed by atoms with E-state index in [-0.39, 0.29) is 23.9 Å². The third kappa shape index (κ3) is 3.29. The van der Waals surface area contributed by atoms with Crippen molar-refractivity contribution < 1.29 is 18.7 Å². The summed E-state index contributed by atoms with van der Waals surface area (Å²) in [5.41, 5.74) is 1.88. The molecule has 2 aromatic rings. The van der Waals surface area contributed by atoms with Crippen LogP contribution in [0.15, 0.2) is 28.9 Å². The van der Waals surface area contributed by atoms with Crippen molar-refractivity contribution in [3.05, 3.63) is 35.6 Å². The van der Waals surface area contributed by atoms with E-state index in [1.807, 2.05) is 50.8 Å². The van der Waals surface area contributed by atoms with Crippen LogP contribution in [0.1, 0.15) is 49.5 Å². The van der Waals surface area contributed by atoms with E-state index in [0.717, 1.165) is 29.4 Å². The Kier molecular flexibility index (Phi) is 4.17. The van der Waals surface area contributed by atoms with Gasteiger partial charge in [0.25, 0.3) is 5.91 Å². The summed E-state index contributed by atoms with van der Waals surface area (Å²) in [6, 6.07) is 5.58. The minimum atomic E-state index is -0.534. The summed E-state index contributed by atoms with van der Waals surface area (Å²) < 4.78 is 10.9. The van der Waals surface area contributed by atoms with Crippen molar-refractivity contribution in [2.75, 3.05) is 6.54 Å². The standard InChI is InChI=1S/C21H26N2O4/c1-12-11-26-17-9-13(5-7-15(12)17)19(24)23-10-14-6-8-16(23)18(14)22-20(25)27-21(2,3)4/h5,7,9,11,14,16,18H,6,8,10H2,1-4H3,(H,22,25)/t14?,16?,18-/m1/s1. The number of hydrogen-bond acceptors (Lipinski definition) is 4. The third-order valence-corrected chi connectivity index (χ3v) is 5.55. The van der Waals surface area contributed by atoms with Crippen LogP contribution in [-0.4, -0.2) is 41.1 Å². The molecule has 2 aliphatic rings. The number of rotatable bonds is 2. The summed E-state index contributed by atoms with van der Waals surface area (Å²) in [7, 11) is 0. The number of nitrogens with zero attached hydrogens (tertiary/aromatic N) is 1. The van der Waals surface area contributed by atoms with Gasteiger partial charge in [-0.1, -0.05) is 6.07 Å². The Morgan fingerprint density at radius 1 is 1.26 bits per heavy atom. The van der Waals surface area contributed by atoms with E-state index in [2.05, 4.69) is 5.32 Å². The Balaban J connectivity index is 1.49. The zero-order valence-electron chi connectivity index (χ0n) is 16.2. The first kappa shape index (κ1) is 17.9. The lowest BCUT2D eigenvalue weighted by atomic mass is 10.1. The third-order valence-electron chi connectivity index (χ3n) is 5.55. The number of carbonyl (C=O) groups is 2. The number of fused-ring (bicyclic) bond motifs is 3. The lowest BCUT2D eigenvalue weighted by Gasteiger charge is -2.28. The molecule has 1 saturated carbocycles. The van der Waals surface area contributed by atoms with Gasteiger partial charge >= 0.3 is 6.09 Å². The van der Waals surface area contributed by atoms with Gasteiger partial charge in [0.15, 0.2) is 0 Å². The fourth-order valence-corrected chi connectivity index (χ4v) is 4.35. The fraction of sp³-hybridized carbons (Fsp3) is 0.524. The maximum Gasteiger partial charge on any atom is 0.407 e. The van der Waals surface area contributed by atoms with Crippen LogP contribution in [0.2, 0.25) is 0 Å². The van der Waals surface area contributed by atoms with Crippen LogP contribution in [0.4, 0.5) is 4.79 Å². The van der Waals surface area contributed by atoms with Gasteiger partial charge < -0.3 is 19.4 Å². The SMILES string of the molecule is Cc1coc2cc(C(=O)N3CC4CCC3[C@@H]4NC(=O)OC(C)(C)C)ccc12. The number of furan rings is 1. The molecular formula is C21H26N2O4. The molecule has 6 nitrogen and oxygen atoms in total. The first-order valence-corrected chi connectivity index (χ1v) is 9.51. The molecule has 2 amide bonds. The number of nitrogens with one attached hydrogen (secondary N) is 1. The predicted molar refractivity (Wildman–Crippen MR) is 102 cm³/mol. The second-order valence-electron chi connectivity index (χ2n) is 8.66. The van der Waals surface area contributed by atoms with E-state index in [1.165, 1.54) is 0 Å². The Labute approximate surface area is 158 Å². The average Bonchev–Trinajstić information content (AvgIpc) is 3.25. The molecule has 1 N–H and O–H groups in total. The first-order valence-electron chi connectivity index (χ1n) is 9.51. The minimum Gasteiger partial charge on any atom is -0.464 e. The number of carbonyl (C=O) groups excluding carboxylic acids is 2. The van der Waals surface area contributed by atoms with Crippen molar-refractivity contribution in [2.45, 2.75) is 58.2 Å². The average molecular weight is 370 g/mol. The summed E-state index contributed by atoms with van der Waals surface area (Å²) in [6.07, 6.45) is 3.22. The summed E-state index contributed by atoms with van der Waals surface area (Å²) >= 11 is 0. The van der Waals surface area contributed by atoms with Gasteiger partial charge in [0.2, 0.25) is 0 Å². The van der Waals surface area contributed by atoms with Crippen LogP contribution < -0.4 is 5.32 Å². The first-order chi connectivity index (χ1) is 12.7. The molecule has 27 heavy (non-hydrogen) atoms. The summed E-state index contributed by atoms with van der Waals surface area (Å²) in [5.74, 6) is 0.273. The predicted octanol–water partition coefficient (Wildman–Crippen LogP) is 3.87. The van der Waals surface area contributed by atoms with Gasteiger partial charge in [-0.05, 0) is 64.2 Å². The van der Waals surface area contributed by atoms with Crippen molar-refractivity contribution in [2.24, 2.45) is 5.92 Å². The van der Waals surface area contributed by atoms with Gasteiger partial charge in [-0.25, -0.2) is 4.79 Å². The highest BCUT2D eigenvalue weighted by atomic mass is 16.6. The smallest absolute Gasteiger partial charge is 0.407 e. The molecule has 2 unspecified atom stereocenters.